The van der Waals surface area contributed by atoms with Crippen LogP contribution in [-0.4, -0.2) is 28.9 Å². The zero-order chi connectivity index (χ0) is 20.2. The van der Waals surface area contributed by atoms with E-state index in [1.807, 2.05) is 30.3 Å². The molecule has 2 aromatic rings. The Bertz CT molecular complexity index is 998. The number of anilines is 1. The highest BCUT2D eigenvalue weighted by Gasteiger charge is 2.25. The van der Waals surface area contributed by atoms with Gasteiger partial charge in [-0.2, -0.15) is 14.6 Å². The number of nitrogens with zero attached hydrogens (tertiary/aromatic N) is 3. The highest BCUT2D eigenvalue weighted by molar-refractivity contribution is 7.91. The van der Waals surface area contributed by atoms with E-state index in [0.29, 0.717) is 11.5 Å². The summed E-state index contributed by atoms with van der Waals surface area (Å²) in [4.78, 5) is 16.2. The highest BCUT2D eigenvalue weighted by atomic mass is 32.2. The SMILES string of the molecule is CC(C)c1ccc(/C=C(/C#N)C(=O)Nc2nc(S(=O)(=O)C(C)C)ns2)cc1. The summed E-state index contributed by atoms with van der Waals surface area (Å²) >= 11 is 0.753. The molecule has 2 rings (SSSR count). The van der Waals surface area contributed by atoms with E-state index < -0.39 is 21.0 Å². The smallest absolute Gasteiger partial charge is 0.268 e. The number of amides is 1. The molecule has 7 nitrogen and oxygen atoms in total. The summed E-state index contributed by atoms with van der Waals surface area (Å²) in [5, 5.41) is 10.7. The van der Waals surface area contributed by atoms with Gasteiger partial charge in [-0.1, -0.05) is 38.1 Å². The Labute approximate surface area is 162 Å². The average molecular weight is 405 g/mol. The van der Waals surface area contributed by atoms with Crippen molar-refractivity contribution in [2.45, 2.75) is 44.0 Å². The molecule has 0 spiro atoms. The van der Waals surface area contributed by atoms with Crippen molar-refractivity contribution in [2.24, 2.45) is 0 Å². The molecule has 142 valence electrons. The minimum absolute atomic E-state index is 0.0236. The first-order chi connectivity index (χ1) is 12.6. The summed E-state index contributed by atoms with van der Waals surface area (Å²) in [6.07, 6.45) is 1.46. The molecule has 0 radical (unpaired) electrons. The molecular weight excluding hydrogens is 384 g/mol. The van der Waals surface area contributed by atoms with Crippen molar-refractivity contribution >= 4 is 38.5 Å². The van der Waals surface area contributed by atoms with Crippen LogP contribution in [-0.2, 0) is 14.6 Å². The van der Waals surface area contributed by atoms with Crippen LogP contribution in [0.3, 0.4) is 0 Å². The van der Waals surface area contributed by atoms with Crippen molar-refractivity contribution < 1.29 is 13.2 Å². The number of carbonyl (C=O) groups is 1. The molecule has 0 aliphatic carbocycles. The van der Waals surface area contributed by atoms with E-state index in [2.05, 4.69) is 28.5 Å². The molecule has 27 heavy (non-hydrogen) atoms. The van der Waals surface area contributed by atoms with Crippen LogP contribution in [0.2, 0.25) is 0 Å². The van der Waals surface area contributed by atoms with Crippen LogP contribution in [0.1, 0.15) is 44.7 Å². The van der Waals surface area contributed by atoms with Crippen molar-refractivity contribution in [1.29, 1.82) is 5.26 Å². The number of carbonyl (C=O) groups excluding carboxylic acids is 1. The first-order valence-electron chi connectivity index (χ1n) is 8.26. The lowest BCUT2D eigenvalue weighted by molar-refractivity contribution is -0.112. The van der Waals surface area contributed by atoms with E-state index in [4.69, 9.17) is 0 Å². The monoisotopic (exact) mass is 404 g/mol. The minimum atomic E-state index is -3.62. The van der Waals surface area contributed by atoms with Crippen LogP contribution >= 0.6 is 11.5 Å². The Morgan fingerprint density at radius 3 is 2.37 bits per heavy atom. The molecule has 0 saturated carbocycles. The standard InChI is InChI=1S/C18H20N4O3S2/c1-11(2)14-7-5-13(6-8-14)9-15(10-19)16(23)20-17-21-18(22-26-17)27(24,25)12(3)4/h5-9,11-12H,1-4H3,(H,20,21,22,23)/b15-9-. The number of sulfone groups is 1. The number of hydrogen-bond donors (Lipinski definition) is 1. The number of benzene rings is 1. The van der Waals surface area contributed by atoms with Gasteiger partial charge in [-0.15, -0.1) is 0 Å². The van der Waals surface area contributed by atoms with Crippen molar-refractivity contribution in [3.63, 3.8) is 0 Å². The molecule has 0 aliphatic rings. The van der Waals surface area contributed by atoms with Gasteiger partial charge in [-0.05, 0) is 37.0 Å². The summed E-state index contributed by atoms with van der Waals surface area (Å²) in [5.74, 6) is -0.287. The second-order valence-electron chi connectivity index (χ2n) is 6.42. The van der Waals surface area contributed by atoms with Crippen LogP contribution in [0, 0.1) is 11.3 Å². The van der Waals surface area contributed by atoms with Crippen LogP contribution in [0.4, 0.5) is 5.13 Å². The van der Waals surface area contributed by atoms with Gasteiger partial charge in [0.15, 0.2) is 0 Å². The summed E-state index contributed by atoms with van der Waals surface area (Å²) in [6, 6.07) is 9.40. The van der Waals surface area contributed by atoms with Gasteiger partial charge in [0.05, 0.1) is 5.25 Å². The van der Waals surface area contributed by atoms with E-state index in [1.165, 1.54) is 19.9 Å². The van der Waals surface area contributed by atoms with Crippen LogP contribution in [0.25, 0.3) is 6.08 Å². The Hall–Kier alpha value is -2.57. The second kappa shape index (κ2) is 8.41. The molecule has 0 aliphatic heterocycles. The third-order valence-electron chi connectivity index (χ3n) is 3.78. The number of nitrogens with one attached hydrogen (secondary N) is 1. The fraction of sp³-hybridized carbons (Fsp3) is 0.333. The topological polar surface area (TPSA) is 113 Å². The van der Waals surface area contributed by atoms with Crippen molar-refractivity contribution in [3.05, 3.63) is 41.0 Å². The zero-order valence-electron chi connectivity index (χ0n) is 15.4. The first-order valence-corrected chi connectivity index (χ1v) is 10.6. The molecule has 0 fully saturated rings. The van der Waals surface area contributed by atoms with E-state index >= 15 is 0 Å². The van der Waals surface area contributed by atoms with E-state index in [9.17, 15) is 18.5 Å². The van der Waals surface area contributed by atoms with Gasteiger partial charge >= 0.3 is 0 Å². The average Bonchev–Trinajstić information content (AvgIpc) is 3.09. The fourth-order valence-electron chi connectivity index (χ4n) is 2.04. The van der Waals surface area contributed by atoms with Gasteiger partial charge < -0.3 is 0 Å². The van der Waals surface area contributed by atoms with Gasteiger partial charge in [0, 0.05) is 11.5 Å². The molecule has 0 unspecified atom stereocenters. The highest BCUT2D eigenvalue weighted by Crippen LogP contribution is 2.20. The number of rotatable bonds is 6. The van der Waals surface area contributed by atoms with Gasteiger partial charge in [0.1, 0.15) is 11.6 Å². The Morgan fingerprint density at radius 2 is 1.85 bits per heavy atom. The quantitative estimate of drug-likeness (QED) is 0.583. The van der Waals surface area contributed by atoms with Crippen LogP contribution in [0.5, 0.6) is 0 Å². The fourth-order valence-corrected chi connectivity index (χ4v) is 3.74. The molecule has 1 heterocycles. The largest absolute Gasteiger partial charge is 0.296 e. The maximum Gasteiger partial charge on any atom is 0.268 e. The molecule has 9 heteroatoms. The summed E-state index contributed by atoms with van der Waals surface area (Å²) in [6.45, 7) is 7.20. The lowest BCUT2D eigenvalue weighted by atomic mass is 10.0. The van der Waals surface area contributed by atoms with Crippen molar-refractivity contribution in [3.8, 4) is 6.07 Å². The van der Waals surface area contributed by atoms with Crippen LogP contribution < -0.4 is 5.32 Å². The van der Waals surface area contributed by atoms with Gasteiger partial charge in [-0.25, -0.2) is 8.42 Å². The maximum atomic E-state index is 12.3. The number of nitriles is 1. The molecule has 1 aromatic heterocycles. The van der Waals surface area contributed by atoms with E-state index in [-0.39, 0.29) is 15.9 Å². The third-order valence-corrected chi connectivity index (χ3v) is 6.46. The zero-order valence-corrected chi connectivity index (χ0v) is 17.1. The first kappa shape index (κ1) is 20.7. The molecule has 1 amide bonds. The summed E-state index contributed by atoms with van der Waals surface area (Å²) in [5.41, 5.74) is 1.75. The lowest BCUT2D eigenvalue weighted by Crippen LogP contribution is -2.16. The molecule has 0 atom stereocenters. The maximum absolute atomic E-state index is 12.3. The minimum Gasteiger partial charge on any atom is -0.296 e. The predicted octanol–water partition coefficient (Wildman–Crippen LogP) is 3.39. The van der Waals surface area contributed by atoms with Gasteiger partial charge in [0.25, 0.3) is 11.1 Å². The molecule has 0 saturated heterocycles. The lowest BCUT2D eigenvalue weighted by Gasteiger charge is -2.05. The molecule has 1 aromatic carbocycles. The van der Waals surface area contributed by atoms with Crippen molar-refractivity contribution in [2.75, 3.05) is 5.32 Å². The Kier molecular flexibility index (Phi) is 6.46. The van der Waals surface area contributed by atoms with Crippen LogP contribution in [0.15, 0.2) is 35.0 Å². The third kappa shape index (κ3) is 4.99. The number of aromatic nitrogens is 2. The number of hydrogen-bond acceptors (Lipinski definition) is 7. The van der Waals surface area contributed by atoms with E-state index in [0.717, 1.165) is 17.1 Å². The Balaban J connectivity index is 2.18. The van der Waals surface area contributed by atoms with Gasteiger partial charge in [0.2, 0.25) is 15.0 Å². The molecule has 1 N–H and O–H groups in total. The molecular formula is C18H20N4O3S2. The van der Waals surface area contributed by atoms with Gasteiger partial charge in [-0.3, -0.25) is 10.1 Å². The summed E-state index contributed by atoms with van der Waals surface area (Å²) in [7, 11) is -3.62. The normalized spacial score (nSPS) is 12.3. The second-order valence-corrected chi connectivity index (χ2v) is 9.57. The summed E-state index contributed by atoms with van der Waals surface area (Å²) < 4.78 is 27.9. The molecule has 0 bridgehead atoms. The van der Waals surface area contributed by atoms with Crippen molar-refractivity contribution in [1.82, 2.24) is 9.36 Å². The predicted molar refractivity (Wildman–Crippen MR) is 105 cm³/mol. The van der Waals surface area contributed by atoms with E-state index in [1.54, 1.807) is 0 Å². The Morgan fingerprint density at radius 1 is 1.22 bits per heavy atom.